The van der Waals surface area contributed by atoms with Gasteiger partial charge in [-0.3, -0.25) is 0 Å². The van der Waals surface area contributed by atoms with Crippen LogP contribution in [-0.4, -0.2) is 7.11 Å². The van der Waals surface area contributed by atoms with Gasteiger partial charge in [-0.2, -0.15) is 0 Å². The number of fused-ring (bicyclic) bond motifs is 4. The molecule has 0 N–H and O–H groups in total. The van der Waals surface area contributed by atoms with E-state index in [1.165, 1.54) is 44.9 Å². The third kappa shape index (κ3) is 1.84. The summed E-state index contributed by atoms with van der Waals surface area (Å²) in [4.78, 5) is 0. The average molecular weight is 244 g/mol. The summed E-state index contributed by atoms with van der Waals surface area (Å²) in [5.41, 5.74) is 3.64. The number of methoxy groups -OCH3 is 1. The van der Waals surface area contributed by atoms with Gasteiger partial charge < -0.3 is 4.74 Å². The maximum absolute atomic E-state index is 5.44. The summed E-state index contributed by atoms with van der Waals surface area (Å²) in [6.07, 6.45) is 9.63. The van der Waals surface area contributed by atoms with Gasteiger partial charge >= 0.3 is 0 Å². The number of hydrogen-bond donors (Lipinski definition) is 0. The van der Waals surface area contributed by atoms with Crippen molar-refractivity contribution in [3.63, 3.8) is 0 Å². The van der Waals surface area contributed by atoms with Crippen molar-refractivity contribution in [2.45, 2.75) is 57.3 Å². The second kappa shape index (κ2) is 4.60. The Kier molecular flexibility index (Phi) is 3.09. The molecule has 0 aliphatic heterocycles. The van der Waals surface area contributed by atoms with Gasteiger partial charge in [0.1, 0.15) is 5.75 Å². The van der Waals surface area contributed by atoms with Gasteiger partial charge in [0.25, 0.3) is 0 Å². The van der Waals surface area contributed by atoms with Crippen LogP contribution in [0.1, 0.15) is 56.6 Å². The van der Waals surface area contributed by atoms with Crippen LogP contribution in [0.2, 0.25) is 0 Å². The largest absolute Gasteiger partial charge is 0.497 e. The first-order chi connectivity index (χ1) is 8.77. The van der Waals surface area contributed by atoms with E-state index in [2.05, 4.69) is 25.1 Å². The fourth-order valence-electron chi connectivity index (χ4n) is 4.25. The van der Waals surface area contributed by atoms with E-state index in [0.717, 1.165) is 11.7 Å². The predicted molar refractivity (Wildman–Crippen MR) is 75.2 cm³/mol. The lowest BCUT2D eigenvalue weighted by Gasteiger charge is -2.41. The summed E-state index contributed by atoms with van der Waals surface area (Å²) in [7, 11) is 1.78. The minimum absolute atomic E-state index is 0.448. The van der Waals surface area contributed by atoms with E-state index < -0.39 is 0 Å². The Morgan fingerprint density at radius 2 is 2.22 bits per heavy atom. The normalized spacial score (nSPS) is 30.4. The highest BCUT2D eigenvalue weighted by molar-refractivity contribution is 5.43. The van der Waals surface area contributed by atoms with E-state index in [-0.39, 0.29) is 0 Å². The molecule has 2 bridgehead atoms. The first-order valence-corrected chi connectivity index (χ1v) is 7.45. The third-order valence-electron chi connectivity index (χ3n) is 5.27. The Labute approximate surface area is 111 Å². The zero-order valence-corrected chi connectivity index (χ0v) is 11.7. The molecule has 0 amide bonds. The molecule has 2 atom stereocenters. The number of ether oxygens (including phenoxy) is 1. The zero-order valence-electron chi connectivity index (χ0n) is 11.7. The van der Waals surface area contributed by atoms with Crippen LogP contribution in [0, 0.1) is 5.92 Å². The molecule has 0 spiro atoms. The molecule has 0 radical (unpaired) electrons. The van der Waals surface area contributed by atoms with Crippen molar-refractivity contribution in [1.82, 2.24) is 0 Å². The number of rotatable bonds is 2. The Morgan fingerprint density at radius 1 is 1.33 bits per heavy atom. The third-order valence-corrected chi connectivity index (χ3v) is 5.27. The van der Waals surface area contributed by atoms with Crippen molar-refractivity contribution in [3.05, 3.63) is 29.3 Å². The topological polar surface area (TPSA) is 9.23 Å². The number of hydrogen-bond acceptors (Lipinski definition) is 1. The van der Waals surface area contributed by atoms with Crippen molar-refractivity contribution in [2.75, 3.05) is 7.11 Å². The van der Waals surface area contributed by atoms with E-state index in [4.69, 9.17) is 4.74 Å². The molecule has 1 aromatic rings. The van der Waals surface area contributed by atoms with Crippen molar-refractivity contribution >= 4 is 0 Å². The van der Waals surface area contributed by atoms with Crippen LogP contribution in [-0.2, 0) is 11.8 Å². The summed E-state index contributed by atoms with van der Waals surface area (Å²) < 4.78 is 5.44. The number of benzene rings is 1. The summed E-state index contributed by atoms with van der Waals surface area (Å²) in [6, 6.07) is 6.77. The zero-order chi connectivity index (χ0) is 12.6. The molecule has 0 heterocycles. The van der Waals surface area contributed by atoms with Crippen molar-refractivity contribution in [3.8, 4) is 5.75 Å². The van der Waals surface area contributed by atoms with Gasteiger partial charge in [-0.05, 0) is 60.3 Å². The fraction of sp³-hybridized carbons (Fsp3) is 0.647. The second-order valence-corrected chi connectivity index (χ2v) is 6.18. The van der Waals surface area contributed by atoms with Gasteiger partial charge in [0, 0.05) is 0 Å². The highest BCUT2D eigenvalue weighted by atomic mass is 16.5. The van der Waals surface area contributed by atoms with Gasteiger partial charge in [0.15, 0.2) is 0 Å². The van der Waals surface area contributed by atoms with Crippen molar-refractivity contribution in [2.24, 2.45) is 5.92 Å². The standard InChI is InChI=1S/C17H24O/c1-3-17-9-5-4-6-13(12-17)10-14-7-8-15(18-2)11-16(14)17/h7-8,11,13H,3-6,9-10,12H2,1-2H3/t13?,17-/m0/s1. The van der Waals surface area contributed by atoms with E-state index >= 15 is 0 Å². The van der Waals surface area contributed by atoms with E-state index in [1.54, 1.807) is 18.2 Å². The molecule has 2 aliphatic carbocycles. The van der Waals surface area contributed by atoms with Gasteiger partial charge in [-0.15, -0.1) is 0 Å². The van der Waals surface area contributed by atoms with Crippen molar-refractivity contribution in [1.29, 1.82) is 0 Å². The molecule has 2 aliphatic rings. The molecule has 0 saturated heterocycles. The summed E-state index contributed by atoms with van der Waals surface area (Å²) in [5, 5.41) is 0. The Bertz CT molecular complexity index is 437. The molecule has 98 valence electrons. The molecule has 1 heteroatoms. The Hall–Kier alpha value is -0.980. The predicted octanol–water partition coefficient (Wildman–Crippen LogP) is 4.48. The molecule has 1 unspecified atom stereocenters. The van der Waals surface area contributed by atoms with E-state index in [0.29, 0.717) is 5.41 Å². The first kappa shape index (κ1) is 12.1. The summed E-state index contributed by atoms with van der Waals surface area (Å²) >= 11 is 0. The molecular formula is C17H24O. The summed E-state index contributed by atoms with van der Waals surface area (Å²) in [5.74, 6) is 1.96. The highest BCUT2D eigenvalue weighted by Gasteiger charge is 2.40. The molecule has 3 rings (SSSR count). The average Bonchev–Trinajstić information content (AvgIpc) is 2.59. The fourth-order valence-corrected chi connectivity index (χ4v) is 4.25. The molecule has 18 heavy (non-hydrogen) atoms. The Morgan fingerprint density at radius 3 is 3.00 bits per heavy atom. The lowest BCUT2D eigenvalue weighted by atomic mass is 9.64. The van der Waals surface area contributed by atoms with Crippen LogP contribution in [0.4, 0.5) is 0 Å². The van der Waals surface area contributed by atoms with Crippen LogP contribution in [0.15, 0.2) is 18.2 Å². The molecule has 1 nitrogen and oxygen atoms in total. The molecular weight excluding hydrogens is 220 g/mol. The minimum Gasteiger partial charge on any atom is -0.497 e. The monoisotopic (exact) mass is 244 g/mol. The lowest BCUT2D eigenvalue weighted by Crippen LogP contribution is -2.33. The van der Waals surface area contributed by atoms with Crippen LogP contribution < -0.4 is 4.74 Å². The van der Waals surface area contributed by atoms with Gasteiger partial charge in [-0.1, -0.05) is 32.3 Å². The van der Waals surface area contributed by atoms with Crippen molar-refractivity contribution < 1.29 is 4.74 Å². The molecule has 1 fully saturated rings. The Balaban J connectivity index is 2.10. The van der Waals surface area contributed by atoms with Crippen LogP contribution in [0.3, 0.4) is 0 Å². The van der Waals surface area contributed by atoms with Crippen LogP contribution >= 0.6 is 0 Å². The summed E-state index contributed by atoms with van der Waals surface area (Å²) in [6.45, 7) is 2.37. The maximum Gasteiger partial charge on any atom is 0.119 e. The maximum atomic E-state index is 5.44. The smallest absolute Gasteiger partial charge is 0.119 e. The van der Waals surface area contributed by atoms with E-state index in [9.17, 15) is 0 Å². The van der Waals surface area contributed by atoms with Gasteiger partial charge in [0.05, 0.1) is 7.11 Å². The van der Waals surface area contributed by atoms with Gasteiger partial charge in [-0.25, -0.2) is 0 Å². The first-order valence-electron chi connectivity index (χ1n) is 7.45. The lowest BCUT2D eigenvalue weighted by molar-refractivity contribution is 0.277. The second-order valence-electron chi connectivity index (χ2n) is 6.18. The van der Waals surface area contributed by atoms with Crippen LogP contribution in [0.25, 0.3) is 0 Å². The highest BCUT2D eigenvalue weighted by Crippen LogP contribution is 2.49. The van der Waals surface area contributed by atoms with Gasteiger partial charge in [0.2, 0.25) is 0 Å². The van der Waals surface area contributed by atoms with E-state index in [1.807, 2.05) is 0 Å². The van der Waals surface area contributed by atoms with Crippen LogP contribution in [0.5, 0.6) is 5.75 Å². The SMILES string of the molecule is CC[C@@]12CCCCC(Cc3ccc(OC)cc31)C2. The molecule has 1 aromatic carbocycles. The molecule has 0 aromatic heterocycles. The molecule has 1 saturated carbocycles. The minimum atomic E-state index is 0.448. The quantitative estimate of drug-likeness (QED) is 0.745.